The summed E-state index contributed by atoms with van der Waals surface area (Å²) in [6.45, 7) is 0. The molecule has 374 valence electrons. The zero-order valence-electron chi connectivity index (χ0n) is 43.9. The van der Waals surface area contributed by atoms with Crippen LogP contribution in [-0.2, 0) is 0 Å². The van der Waals surface area contributed by atoms with Crippen LogP contribution in [0.5, 0.6) is 0 Å². The average Bonchev–Trinajstić information content (AvgIpc) is 4.27. The largest absolute Gasteiger partial charge is 0.309 e. The van der Waals surface area contributed by atoms with Crippen molar-refractivity contribution in [2.45, 2.75) is 0 Å². The summed E-state index contributed by atoms with van der Waals surface area (Å²) in [5.74, 6) is 0. The maximum atomic E-state index is 2.40. The van der Waals surface area contributed by atoms with Gasteiger partial charge in [0.1, 0.15) is 0 Å². The molecule has 13 aromatic carbocycles. The van der Waals surface area contributed by atoms with Crippen LogP contribution in [0.3, 0.4) is 0 Å². The molecular formula is C78H52N2. The molecule has 15 rings (SSSR count). The fraction of sp³-hybridized carbons (Fsp3) is 0. The molecule has 0 aliphatic heterocycles. The number of aromatic nitrogens is 2. The minimum atomic E-state index is 1.11. The maximum absolute atomic E-state index is 2.40. The number of nitrogens with zero attached hydrogens (tertiary/aromatic N) is 2. The molecule has 2 heteroatoms. The second kappa shape index (κ2) is 19.8. The number of rotatable bonds is 10. The molecule has 0 unspecified atom stereocenters. The molecule has 0 saturated carbocycles. The number of fused-ring (bicyclic) bond motifs is 4. The molecule has 2 aromatic heterocycles. The van der Waals surface area contributed by atoms with Crippen LogP contribution < -0.4 is 0 Å². The molecule has 0 bridgehead atoms. The van der Waals surface area contributed by atoms with E-state index in [4.69, 9.17) is 0 Å². The van der Waals surface area contributed by atoms with Crippen LogP contribution in [0.15, 0.2) is 315 Å². The van der Waals surface area contributed by atoms with Gasteiger partial charge < -0.3 is 9.13 Å². The van der Waals surface area contributed by atoms with E-state index in [1.165, 1.54) is 98.7 Å². The first-order valence-corrected chi connectivity index (χ1v) is 27.6. The monoisotopic (exact) mass is 1020 g/mol. The van der Waals surface area contributed by atoms with Gasteiger partial charge in [-0.3, -0.25) is 0 Å². The summed E-state index contributed by atoms with van der Waals surface area (Å²) in [5, 5.41) is 9.73. The Morgan fingerprint density at radius 1 is 0.188 bits per heavy atom. The summed E-state index contributed by atoms with van der Waals surface area (Å²) >= 11 is 0. The van der Waals surface area contributed by atoms with E-state index >= 15 is 0 Å². The van der Waals surface area contributed by atoms with E-state index in [0.717, 1.165) is 45.3 Å². The van der Waals surface area contributed by atoms with Crippen molar-refractivity contribution >= 4 is 43.1 Å². The number of benzene rings is 13. The average molecular weight is 1020 g/mol. The van der Waals surface area contributed by atoms with E-state index < -0.39 is 0 Å². The Bertz CT molecular complexity index is 4340. The first kappa shape index (κ1) is 46.7. The second-order valence-electron chi connectivity index (χ2n) is 20.8. The van der Waals surface area contributed by atoms with Crippen LogP contribution in [0.25, 0.3) is 144 Å². The molecule has 0 atom stereocenters. The van der Waals surface area contributed by atoms with Gasteiger partial charge in [-0.05, 0) is 171 Å². The fourth-order valence-corrected chi connectivity index (χ4v) is 12.4. The molecule has 0 aliphatic rings. The SMILES string of the molecule is c1ccc(-c2ccc(-c3ccccc3)n2-c2ccc(-c3cccc4c(-c5ccc6ccccc6c5)c5c(-c6ccc(-n7c(-c8ccccc8)ccc7-c7ccccc7)cc6)cccc5c(-c5ccc6ccccc6c5)c34)cc2)cc1. The lowest BCUT2D eigenvalue weighted by molar-refractivity contribution is 1.09. The van der Waals surface area contributed by atoms with Crippen molar-refractivity contribution in [2.75, 3.05) is 0 Å². The Kier molecular flexibility index (Phi) is 11.6. The predicted octanol–water partition coefficient (Wildman–Crippen LogP) is 21.2. The highest BCUT2D eigenvalue weighted by atomic mass is 15.0. The topological polar surface area (TPSA) is 9.86 Å². The molecule has 2 heterocycles. The second-order valence-corrected chi connectivity index (χ2v) is 20.8. The van der Waals surface area contributed by atoms with Crippen molar-refractivity contribution in [3.63, 3.8) is 0 Å². The highest BCUT2D eigenvalue weighted by Crippen LogP contribution is 2.51. The molecular weight excluding hydrogens is 965 g/mol. The summed E-state index contributed by atoms with van der Waals surface area (Å²) in [4.78, 5) is 0. The van der Waals surface area contributed by atoms with Crippen LogP contribution in [-0.4, -0.2) is 9.13 Å². The first-order chi connectivity index (χ1) is 39.7. The summed E-state index contributed by atoms with van der Waals surface area (Å²) in [7, 11) is 0. The molecule has 0 saturated heterocycles. The van der Waals surface area contributed by atoms with Crippen molar-refractivity contribution in [1.29, 1.82) is 0 Å². The lowest BCUT2D eigenvalue weighted by Crippen LogP contribution is -2.00. The molecule has 0 amide bonds. The normalized spacial score (nSPS) is 11.5. The first-order valence-electron chi connectivity index (χ1n) is 27.6. The van der Waals surface area contributed by atoms with Crippen molar-refractivity contribution < 1.29 is 0 Å². The van der Waals surface area contributed by atoms with E-state index in [0.29, 0.717) is 0 Å². The van der Waals surface area contributed by atoms with Gasteiger partial charge in [-0.25, -0.2) is 0 Å². The summed E-state index contributed by atoms with van der Waals surface area (Å²) < 4.78 is 4.81. The van der Waals surface area contributed by atoms with E-state index in [-0.39, 0.29) is 0 Å². The maximum Gasteiger partial charge on any atom is 0.0535 e. The highest BCUT2D eigenvalue weighted by molar-refractivity contribution is 6.28. The Hall–Kier alpha value is -10.5. The van der Waals surface area contributed by atoms with Gasteiger partial charge in [0.05, 0.1) is 22.8 Å². The van der Waals surface area contributed by atoms with Crippen molar-refractivity contribution in [3.8, 4) is 101 Å². The number of hydrogen-bond acceptors (Lipinski definition) is 0. The van der Waals surface area contributed by atoms with Gasteiger partial charge in [-0.15, -0.1) is 0 Å². The van der Waals surface area contributed by atoms with Gasteiger partial charge in [0.15, 0.2) is 0 Å². The Morgan fingerprint density at radius 3 is 0.825 bits per heavy atom. The summed E-state index contributed by atoms with van der Waals surface area (Å²) in [6, 6.07) is 116. The van der Waals surface area contributed by atoms with Crippen LogP contribution in [0.4, 0.5) is 0 Å². The van der Waals surface area contributed by atoms with Gasteiger partial charge in [0, 0.05) is 11.4 Å². The minimum Gasteiger partial charge on any atom is -0.309 e. The Labute approximate surface area is 466 Å². The Balaban J connectivity index is 0.976. The molecule has 0 spiro atoms. The van der Waals surface area contributed by atoms with Crippen molar-refractivity contribution in [3.05, 3.63) is 315 Å². The predicted molar refractivity (Wildman–Crippen MR) is 339 cm³/mol. The quantitative estimate of drug-likeness (QED) is 0.121. The molecule has 0 N–H and O–H groups in total. The van der Waals surface area contributed by atoms with Gasteiger partial charge in [0.2, 0.25) is 0 Å². The third kappa shape index (κ3) is 8.13. The molecule has 0 radical (unpaired) electrons. The van der Waals surface area contributed by atoms with Gasteiger partial charge in [-0.2, -0.15) is 0 Å². The molecule has 0 fully saturated rings. The minimum absolute atomic E-state index is 1.11. The van der Waals surface area contributed by atoms with Crippen LogP contribution >= 0.6 is 0 Å². The summed E-state index contributed by atoms with van der Waals surface area (Å²) in [5.41, 5.74) is 21.0. The highest BCUT2D eigenvalue weighted by Gasteiger charge is 2.24. The fourth-order valence-electron chi connectivity index (χ4n) is 12.4. The van der Waals surface area contributed by atoms with E-state index in [2.05, 4.69) is 325 Å². The Morgan fingerprint density at radius 2 is 0.487 bits per heavy atom. The smallest absolute Gasteiger partial charge is 0.0535 e. The van der Waals surface area contributed by atoms with Crippen LogP contribution in [0.2, 0.25) is 0 Å². The summed E-state index contributed by atoms with van der Waals surface area (Å²) in [6.07, 6.45) is 0. The third-order valence-electron chi connectivity index (χ3n) is 16.2. The van der Waals surface area contributed by atoms with Crippen molar-refractivity contribution in [1.82, 2.24) is 9.13 Å². The third-order valence-corrected chi connectivity index (χ3v) is 16.2. The number of hydrogen-bond donors (Lipinski definition) is 0. The lowest BCUT2D eigenvalue weighted by Gasteiger charge is -2.23. The van der Waals surface area contributed by atoms with Crippen molar-refractivity contribution in [2.24, 2.45) is 0 Å². The van der Waals surface area contributed by atoms with Gasteiger partial charge in [0.25, 0.3) is 0 Å². The molecule has 15 aromatic rings. The zero-order chi connectivity index (χ0) is 52.9. The standard InChI is InChI=1S/C78H52N2/c1-5-21-57(22-6-1)71-47-48-72(58-23-7-2-8-24-58)79(71)65-43-39-55(40-44-65)67-31-17-33-69-76(64-38-36-54-20-14-16-30-62(54)52-64)78-68(32-18-34-70(78)75(77(67)69)63-37-35-53-19-13-15-29-61(53)51-63)56-41-45-66(46-42-56)80-73(59-25-9-3-10-26-59)49-50-74(80)60-27-11-4-12-28-60/h1-52H. The van der Waals surface area contributed by atoms with Gasteiger partial charge in [-0.1, -0.05) is 255 Å². The van der Waals surface area contributed by atoms with Gasteiger partial charge >= 0.3 is 0 Å². The van der Waals surface area contributed by atoms with Crippen LogP contribution in [0.1, 0.15) is 0 Å². The molecule has 0 aliphatic carbocycles. The lowest BCUT2D eigenvalue weighted by atomic mass is 9.80. The van der Waals surface area contributed by atoms with E-state index in [1.54, 1.807) is 0 Å². The van der Waals surface area contributed by atoms with E-state index in [9.17, 15) is 0 Å². The van der Waals surface area contributed by atoms with Crippen LogP contribution in [0, 0.1) is 0 Å². The molecule has 80 heavy (non-hydrogen) atoms. The van der Waals surface area contributed by atoms with E-state index in [1.807, 2.05) is 0 Å². The molecule has 2 nitrogen and oxygen atoms in total. The zero-order valence-corrected chi connectivity index (χ0v) is 43.9.